The van der Waals surface area contributed by atoms with E-state index in [1.807, 2.05) is 0 Å². The lowest BCUT2D eigenvalue weighted by Crippen LogP contribution is -2.36. The number of fused-ring (bicyclic) bond motifs is 1. The van der Waals surface area contributed by atoms with Crippen LogP contribution < -0.4 is 14.8 Å². The normalized spacial score (nSPS) is 15.3. The summed E-state index contributed by atoms with van der Waals surface area (Å²) in [6.07, 6.45) is 1.39. The van der Waals surface area contributed by atoms with Gasteiger partial charge in [-0.25, -0.2) is 0 Å². The Morgan fingerprint density at radius 3 is 2.63 bits per heavy atom. The molecule has 0 aliphatic carbocycles. The molecule has 10 nitrogen and oxygen atoms in total. The van der Waals surface area contributed by atoms with E-state index < -0.39 is 28.5 Å². The van der Waals surface area contributed by atoms with E-state index in [1.165, 1.54) is 23.9 Å². The molecule has 3 amide bonds. The standard InChI is InChI=1S/C25H16ClN3O7S2/c26-15-2-5-17(6-3-15)37-21-8-1-14(9-18(21)29(33)34)10-22-24(31)28(25(32)38-22)12-23(30)27-16-4-7-19-20(11-16)36-13-35-19/h1-11H,12-13H2,(H,27,30)/b22-10-. The third-order valence-corrected chi connectivity index (χ3v) is 7.58. The minimum absolute atomic E-state index is 0.0540. The van der Waals surface area contributed by atoms with Crippen molar-refractivity contribution in [1.29, 1.82) is 0 Å². The molecule has 192 valence electrons. The lowest BCUT2D eigenvalue weighted by molar-refractivity contribution is -0.387. The zero-order valence-electron chi connectivity index (χ0n) is 19.2. The molecule has 2 aliphatic rings. The zero-order chi connectivity index (χ0) is 26.8. The fourth-order valence-corrected chi connectivity index (χ4v) is 5.45. The van der Waals surface area contributed by atoms with Crippen LogP contribution in [0.3, 0.4) is 0 Å². The smallest absolute Gasteiger partial charge is 0.294 e. The molecule has 2 heterocycles. The fraction of sp³-hybridized carbons (Fsp3) is 0.0800. The lowest BCUT2D eigenvalue weighted by atomic mass is 10.2. The minimum atomic E-state index is -0.664. The Morgan fingerprint density at radius 2 is 1.87 bits per heavy atom. The number of anilines is 1. The first-order chi connectivity index (χ1) is 18.3. The van der Waals surface area contributed by atoms with Gasteiger partial charge in [0, 0.05) is 27.7 Å². The number of nitrogens with zero attached hydrogens (tertiary/aromatic N) is 2. The average molecular weight is 570 g/mol. The number of hydrogen-bond donors (Lipinski definition) is 1. The van der Waals surface area contributed by atoms with Crippen molar-refractivity contribution in [3.05, 3.63) is 86.3 Å². The molecule has 1 N–H and O–H groups in total. The van der Waals surface area contributed by atoms with Gasteiger partial charge in [-0.3, -0.25) is 29.4 Å². The maximum atomic E-state index is 12.9. The fourth-order valence-electron chi connectivity index (χ4n) is 3.59. The van der Waals surface area contributed by atoms with E-state index in [0.717, 1.165) is 9.80 Å². The van der Waals surface area contributed by atoms with E-state index >= 15 is 0 Å². The van der Waals surface area contributed by atoms with Crippen LogP contribution in [0, 0.1) is 10.1 Å². The van der Waals surface area contributed by atoms with Crippen LogP contribution in [-0.4, -0.2) is 40.2 Å². The second kappa shape index (κ2) is 10.8. The summed E-state index contributed by atoms with van der Waals surface area (Å²) in [5, 5.41) is 14.3. The molecule has 1 fully saturated rings. The molecular formula is C25H16ClN3O7S2. The van der Waals surface area contributed by atoms with Gasteiger partial charge in [-0.05, 0) is 65.9 Å². The summed E-state index contributed by atoms with van der Waals surface area (Å²) < 4.78 is 10.5. The van der Waals surface area contributed by atoms with Gasteiger partial charge in [0.25, 0.3) is 16.8 Å². The Balaban J connectivity index is 1.29. The molecule has 5 rings (SSSR count). The summed E-state index contributed by atoms with van der Waals surface area (Å²) >= 11 is 7.76. The van der Waals surface area contributed by atoms with Crippen molar-refractivity contribution in [2.75, 3.05) is 18.7 Å². The quantitative estimate of drug-likeness (QED) is 0.213. The van der Waals surface area contributed by atoms with Crippen molar-refractivity contribution < 1.29 is 28.8 Å². The van der Waals surface area contributed by atoms with E-state index in [2.05, 4.69) is 5.32 Å². The molecule has 0 atom stereocenters. The molecule has 0 bridgehead atoms. The van der Waals surface area contributed by atoms with Crippen molar-refractivity contribution >= 4 is 69.6 Å². The van der Waals surface area contributed by atoms with Gasteiger partial charge in [-0.2, -0.15) is 0 Å². The first-order valence-corrected chi connectivity index (χ1v) is 12.9. The topological polar surface area (TPSA) is 128 Å². The summed E-state index contributed by atoms with van der Waals surface area (Å²) in [6, 6.07) is 16.2. The highest BCUT2D eigenvalue weighted by molar-refractivity contribution is 8.18. The molecule has 0 radical (unpaired) electrons. The molecule has 38 heavy (non-hydrogen) atoms. The van der Waals surface area contributed by atoms with Gasteiger partial charge in [0.1, 0.15) is 6.54 Å². The van der Waals surface area contributed by atoms with Crippen LogP contribution in [0.15, 0.2) is 75.4 Å². The number of amides is 3. The minimum Gasteiger partial charge on any atom is -0.454 e. The summed E-state index contributed by atoms with van der Waals surface area (Å²) in [4.78, 5) is 51.1. The van der Waals surface area contributed by atoms with Crippen LogP contribution in [0.4, 0.5) is 16.2 Å². The monoisotopic (exact) mass is 569 g/mol. The van der Waals surface area contributed by atoms with Crippen LogP contribution in [0.2, 0.25) is 5.02 Å². The molecule has 0 aromatic heterocycles. The molecule has 1 saturated heterocycles. The van der Waals surface area contributed by atoms with Crippen molar-refractivity contribution in [2.45, 2.75) is 9.79 Å². The Kier molecular flexibility index (Phi) is 7.27. The highest BCUT2D eigenvalue weighted by atomic mass is 35.5. The van der Waals surface area contributed by atoms with E-state index in [4.69, 9.17) is 21.1 Å². The number of ether oxygens (including phenoxy) is 2. The summed E-state index contributed by atoms with van der Waals surface area (Å²) in [5.41, 5.74) is 0.638. The Bertz CT molecular complexity index is 1510. The number of benzene rings is 3. The van der Waals surface area contributed by atoms with Crippen LogP contribution in [-0.2, 0) is 9.59 Å². The third kappa shape index (κ3) is 5.62. The van der Waals surface area contributed by atoms with E-state index in [0.29, 0.717) is 44.4 Å². The number of rotatable bonds is 7. The first kappa shape index (κ1) is 25.6. The molecule has 0 saturated carbocycles. The predicted octanol–water partition coefficient (Wildman–Crippen LogP) is 5.80. The number of thioether (sulfide) groups is 1. The number of carbonyl (C=O) groups excluding carboxylic acids is 3. The Labute approximate surface area is 229 Å². The summed E-state index contributed by atoms with van der Waals surface area (Å²) in [5.74, 6) is -0.214. The Hall–Kier alpha value is -4.00. The molecule has 13 heteroatoms. The van der Waals surface area contributed by atoms with Gasteiger partial charge in [0.15, 0.2) is 11.5 Å². The van der Waals surface area contributed by atoms with Crippen molar-refractivity contribution in [3.8, 4) is 11.5 Å². The largest absolute Gasteiger partial charge is 0.454 e. The molecule has 0 spiro atoms. The summed E-state index contributed by atoms with van der Waals surface area (Å²) in [7, 11) is 0. The number of hydrogen-bond acceptors (Lipinski definition) is 9. The number of nitro groups is 1. The van der Waals surface area contributed by atoms with Crippen LogP contribution in [0.25, 0.3) is 6.08 Å². The van der Waals surface area contributed by atoms with Crippen molar-refractivity contribution in [3.63, 3.8) is 0 Å². The molecule has 0 unspecified atom stereocenters. The first-order valence-electron chi connectivity index (χ1n) is 10.9. The number of nitro benzene ring substituents is 1. The lowest BCUT2D eigenvalue weighted by Gasteiger charge is -2.12. The van der Waals surface area contributed by atoms with Gasteiger partial charge in [-0.15, -0.1) is 0 Å². The molecule has 3 aromatic carbocycles. The second-order valence-corrected chi connectivity index (χ2v) is 10.5. The van der Waals surface area contributed by atoms with Gasteiger partial charge in [0.05, 0.1) is 14.7 Å². The van der Waals surface area contributed by atoms with Crippen molar-refractivity contribution in [1.82, 2.24) is 4.90 Å². The number of imide groups is 1. The van der Waals surface area contributed by atoms with E-state index in [-0.39, 0.29) is 17.4 Å². The predicted molar refractivity (Wildman–Crippen MR) is 143 cm³/mol. The van der Waals surface area contributed by atoms with Gasteiger partial charge in [-0.1, -0.05) is 29.4 Å². The van der Waals surface area contributed by atoms with Crippen LogP contribution >= 0.6 is 35.1 Å². The van der Waals surface area contributed by atoms with E-state index in [1.54, 1.807) is 54.6 Å². The summed E-state index contributed by atoms with van der Waals surface area (Å²) in [6.45, 7) is -0.407. The number of carbonyl (C=O) groups is 3. The zero-order valence-corrected chi connectivity index (χ0v) is 21.6. The van der Waals surface area contributed by atoms with Crippen molar-refractivity contribution in [2.24, 2.45) is 0 Å². The van der Waals surface area contributed by atoms with Gasteiger partial charge >= 0.3 is 0 Å². The number of nitrogens with one attached hydrogen (secondary N) is 1. The third-order valence-electron chi connectivity index (χ3n) is 5.35. The maximum Gasteiger partial charge on any atom is 0.294 e. The molecule has 3 aromatic rings. The SMILES string of the molecule is O=C(CN1C(=O)S/C(=C\c2ccc(Sc3ccc(Cl)cc3)c([N+](=O)[O-])c2)C1=O)Nc1ccc2c(c1)OCO2. The number of halogens is 1. The molecular weight excluding hydrogens is 554 g/mol. The van der Waals surface area contributed by atoms with Crippen LogP contribution in [0.1, 0.15) is 5.56 Å². The van der Waals surface area contributed by atoms with Crippen LogP contribution in [0.5, 0.6) is 11.5 Å². The van der Waals surface area contributed by atoms with Gasteiger partial charge < -0.3 is 14.8 Å². The second-order valence-electron chi connectivity index (χ2n) is 7.92. The maximum absolute atomic E-state index is 12.9. The van der Waals surface area contributed by atoms with Gasteiger partial charge in [0.2, 0.25) is 12.7 Å². The molecule has 2 aliphatic heterocycles. The average Bonchev–Trinajstić information content (AvgIpc) is 3.45. The highest BCUT2D eigenvalue weighted by Crippen LogP contribution is 2.38. The highest BCUT2D eigenvalue weighted by Gasteiger charge is 2.36. The van der Waals surface area contributed by atoms with E-state index in [9.17, 15) is 24.5 Å². The Morgan fingerprint density at radius 1 is 1.11 bits per heavy atom.